The van der Waals surface area contributed by atoms with Gasteiger partial charge in [-0.2, -0.15) is 4.68 Å². The molecule has 134 valence electrons. The van der Waals surface area contributed by atoms with Crippen LogP contribution in [0.5, 0.6) is 0 Å². The highest BCUT2D eigenvalue weighted by Gasteiger charge is 2.14. The van der Waals surface area contributed by atoms with Crippen LogP contribution in [0.4, 0.5) is 10.1 Å². The fourth-order valence-electron chi connectivity index (χ4n) is 2.37. The molecule has 0 spiro atoms. The van der Waals surface area contributed by atoms with Gasteiger partial charge in [-0.25, -0.2) is 4.39 Å². The normalized spacial score (nSPS) is 10.8. The number of hydrogen-bond donors (Lipinski definition) is 1. The fraction of sp³-hybridized carbons (Fsp3) is 0.176. The second-order valence-electron chi connectivity index (χ2n) is 5.62. The van der Waals surface area contributed by atoms with Crippen LogP contribution in [-0.4, -0.2) is 31.9 Å². The molecule has 0 unspecified atom stereocenters. The van der Waals surface area contributed by atoms with Gasteiger partial charge in [0, 0.05) is 5.02 Å². The Bertz CT molecular complexity index is 962. The highest BCUT2D eigenvalue weighted by Crippen LogP contribution is 2.23. The van der Waals surface area contributed by atoms with E-state index in [9.17, 15) is 9.18 Å². The predicted octanol–water partition coefficient (Wildman–Crippen LogP) is 3.80. The third kappa shape index (κ3) is 4.20. The van der Waals surface area contributed by atoms with E-state index in [2.05, 4.69) is 20.8 Å². The van der Waals surface area contributed by atoms with Gasteiger partial charge in [0.25, 0.3) is 0 Å². The molecule has 0 saturated carbocycles. The van der Waals surface area contributed by atoms with Crippen LogP contribution >= 0.6 is 23.4 Å². The average Bonchev–Trinajstić information content (AvgIpc) is 3.04. The van der Waals surface area contributed by atoms with Crippen LogP contribution in [0.25, 0.3) is 5.69 Å². The molecule has 3 rings (SSSR count). The Morgan fingerprint density at radius 3 is 2.85 bits per heavy atom. The smallest absolute Gasteiger partial charge is 0.234 e. The van der Waals surface area contributed by atoms with Gasteiger partial charge in [-0.15, -0.1) is 5.10 Å². The van der Waals surface area contributed by atoms with Crippen molar-refractivity contribution in [2.75, 3.05) is 11.1 Å². The highest BCUT2D eigenvalue weighted by molar-refractivity contribution is 7.99. The zero-order valence-corrected chi connectivity index (χ0v) is 15.6. The van der Waals surface area contributed by atoms with E-state index in [1.165, 1.54) is 18.2 Å². The first kappa shape index (κ1) is 18.3. The van der Waals surface area contributed by atoms with Crippen LogP contribution in [0, 0.1) is 19.7 Å². The molecule has 1 heterocycles. The number of aromatic nitrogens is 4. The maximum atomic E-state index is 13.7. The molecule has 9 heteroatoms. The largest absolute Gasteiger partial charge is 0.323 e. The van der Waals surface area contributed by atoms with Gasteiger partial charge >= 0.3 is 0 Å². The first-order valence-corrected chi connectivity index (χ1v) is 9.04. The highest BCUT2D eigenvalue weighted by atomic mass is 35.5. The Kier molecular flexibility index (Phi) is 5.53. The number of halogens is 2. The van der Waals surface area contributed by atoms with E-state index in [1.807, 2.05) is 32.0 Å². The van der Waals surface area contributed by atoms with Crippen molar-refractivity contribution in [3.8, 4) is 5.69 Å². The van der Waals surface area contributed by atoms with E-state index < -0.39 is 5.82 Å². The summed E-state index contributed by atoms with van der Waals surface area (Å²) in [6.45, 7) is 3.97. The summed E-state index contributed by atoms with van der Waals surface area (Å²) >= 11 is 6.98. The van der Waals surface area contributed by atoms with Gasteiger partial charge in [0.05, 0.1) is 17.1 Å². The molecule has 1 N–H and O–H groups in total. The number of rotatable bonds is 5. The van der Waals surface area contributed by atoms with E-state index in [0.29, 0.717) is 10.2 Å². The summed E-state index contributed by atoms with van der Waals surface area (Å²) in [5.41, 5.74) is 3.03. The number of carbonyl (C=O) groups is 1. The van der Waals surface area contributed by atoms with Gasteiger partial charge in [-0.1, -0.05) is 41.1 Å². The molecule has 0 aliphatic carbocycles. The van der Waals surface area contributed by atoms with Gasteiger partial charge in [0.15, 0.2) is 0 Å². The topological polar surface area (TPSA) is 72.7 Å². The number of benzene rings is 2. The van der Waals surface area contributed by atoms with Crippen molar-refractivity contribution in [3.05, 3.63) is 58.4 Å². The monoisotopic (exact) mass is 391 g/mol. The van der Waals surface area contributed by atoms with E-state index in [0.717, 1.165) is 28.6 Å². The molecule has 0 aliphatic heterocycles. The Morgan fingerprint density at radius 1 is 1.27 bits per heavy atom. The lowest BCUT2D eigenvalue weighted by molar-refractivity contribution is -0.113. The summed E-state index contributed by atoms with van der Waals surface area (Å²) < 4.78 is 15.3. The number of nitrogens with zero attached hydrogens (tertiary/aromatic N) is 4. The zero-order chi connectivity index (χ0) is 18.7. The third-order valence-electron chi connectivity index (χ3n) is 3.56. The second-order valence-corrected chi connectivity index (χ2v) is 7.00. The van der Waals surface area contributed by atoms with Gasteiger partial charge in [-0.05, 0) is 54.1 Å². The van der Waals surface area contributed by atoms with Crippen LogP contribution in [0.15, 0.2) is 41.6 Å². The SMILES string of the molecule is Cc1ccc(-n2nnnc2SCC(=O)Nc2cc(Cl)ccc2F)c(C)c1. The summed E-state index contributed by atoms with van der Waals surface area (Å²) in [6, 6.07) is 9.89. The molecular formula is C17H15ClFN5OS. The van der Waals surface area contributed by atoms with Crippen molar-refractivity contribution in [2.45, 2.75) is 19.0 Å². The Balaban J connectivity index is 1.70. The number of carbonyl (C=O) groups excluding carboxylic acids is 1. The van der Waals surface area contributed by atoms with E-state index >= 15 is 0 Å². The lowest BCUT2D eigenvalue weighted by Gasteiger charge is -2.09. The van der Waals surface area contributed by atoms with Gasteiger partial charge in [-0.3, -0.25) is 4.79 Å². The van der Waals surface area contributed by atoms with E-state index in [4.69, 9.17) is 11.6 Å². The molecule has 0 bridgehead atoms. The summed E-state index contributed by atoms with van der Waals surface area (Å²) in [5.74, 6) is -0.906. The van der Waals surface area contributed by atoms with Gasteiger partial charge in [0.1, 0.15) is 5.82 Å². The maximum Gasteiger partial charge on any atom is 0.234 e. The first-order valence-electron chi connectivity index (χ1n) is 7.68. The molecular weight excluding hydrogens is 377 g/mol. The molecule has 0 atom stereocenters. The molecule has 26 heavy (non-hydrogen) atoms. The van der Waals surface area contributed by atoms with Crippen LogP contribution in [0.1, 0.15) is 11.1 Å². The van der Waals surface area contributed by atoms with Gasteiger partial charge < -0.3 is 5.32 Å². The van der Waals surface area contributed by atoms with E-state index in [-0.39, 0.29) is 17.3 Å². The Hall–Kier alpha value is -2.45. The zero-order valence-electron chi connectivity index (χ0n) is 14.0. The van der Waals surface area contributed by atoms with Crippen molar-refractivity contribution in [3.63, 3.8) is 0 Å². The number of amides is 1. The summed E-state index contributed by atoms with van der Waals surface area (Å²) in [7, 11) is 0. The van der Waals surface area contributed by atoms with Crippen molar-refractivity contribution in [1.29, 1.82) is 0 Å². The minimum Gasteiger partial charge on any atom is -0.323 e. The summed E-state index contributed by atoms with van der Waals surface area (Å²) in [6.07, 6.45) is 0. The van der Waals surface area contributed by atoms with Crippen molar-refractivity contribution in [2.24, 2.45) is 0 Å². The molecule has 1 aromatic heterocycles. The lowest BCUT2D eigenvalue weighted by Crippen LogP contribution is -2.15. The fourth-order valence-corrected chi connectivity index (χ4v) is 3.23. The lowest BCUT2D eigenvalue weighted by atomic mass is 10.1. The molecule has 1 amide bonds. The number of hydrogen-bond acceptors (Lipinski definition) is 5. The van der Waals surface area contributed by atoms with Gasteiger partial charge in [0.2, 0.25) is 11.1 Å². The quantitative estimate of drug-likeness (QED) is 0.669. The minimum atomic E-state index is -0.548. The summed E-state index contributed by atoms with van der Waals surface area (Å²) in [5, 5.41) is 14.9. The van der Waals surface area contributed by atoms with Crippen LogP contribution < -0.4 is 5.32 Å². The third-order valence-corrected chi connectivity index (χ3v) is 4.71. The average molecular weight is 392 g/mol. The predicted molar refractivity (Wildman–Crippen MR) is 99.4 cm³/mol. The standard InChI is InChI=1S/C17H15ClFN5OS/c1-10-3-6-15(11(2)7-10)24-17(21-22-23-24)26-9-16(25)20-14-8-12(18)4-5-13(14)19/h3-8H,9H2,1-2H3,(H,20,25). The number of anilines is 1. The first-order chi connectivity index (χ1) is 12.4. The minimum absolute atomic E-state index is 0.0250. The molecule has 2 aromatic carbocycles. The van der Waals surface area contributed by atoms with Crippen molar-refractivity contribution >= 4 is 35.0 Å². The second kappa shape index (κ2) is 7.84. The number of tetrazole rings is 1. The van der Waals surface area contributed by atoms with Crippen LogP contribution in [-0.2, 0) is 4.79 Å². The van der Waals surface area contributed by atoms with Crippen LogP contribution in [0.3, 0.4) is 0 Å². The molecule has 6 nitrogen and oxygen atoms in total. The molecule has 0 aliphatic rings. The number of nitrogens with one attached hydrogen (secondary N) is 1. The van der Waals surface area contributed by atoms with E-state index in [1.54, 1.807) is 4.68 Å². The molecule has 0 saturated heterocycles. The van der Waals surface area contributed by atoms with Crippen molar-refractivity contribution < 1.29 is 9.18 Å². The Morgan fingerprint density at radius 2 is 2.08 bits per heavy atom. The Labute approximate surface area is 158 Å². The van der Waals surface area contributed by atoms with Crippen LogP contribution in [0.2, 0.25) is 5.02 Å². The molecule has 0 radical (unpaired) electrons. The number of thioether (sulfide) groups is 1. The maximum absolute atomic E-state index is 13.7. The molecule has 0 fully saturated rings. The van der Waals surface area contributed by atoms with Crippen molar-refractivity contribution in [1.82, 2.24) is 20.2 Å². The summed E-state index contributed by atoms with van der Waals surface area (Å²) in [4.78, 5) is 12.1. The number of aryl methyl sites for hydroxylation is 2. The molecule has 3 aromatic rings.